The summed E-state index contributed by atoms with van der Waals surface area (Å²) < 4.78 is 0. The smallest absolute Gasteiger partial charge is 0.253 e. The highest BCUT2D eigenvalue weighted by molar-refractivity contribution is 5.94. The van der Waals surface area contributed by atoms with E-state index in [1.807, 2.05) is 66.4 Å². The number of piperazine rings is 1. The Hall–Kier alpha value is -2.66. The summed E-state index contributed by atoms with van der Waals surface area (Å²) in [4.78, 5) is 28.7. The van der Waals surface area contributed by atoms with Crippen LogP contribution in [0, 0.1) is 6.92 Å². The lowest BCUT2D eigenvalue weighted by molar-refractivity contribution is -0.122. The standard InChI is InChI=1S/C21H25N3O2/c1-17-6-5-9-19(14-17)21(26)24-12-10-23(11-13-24)16-20(25)22-15-18-7-3-2-4-8-18/h2-9,14H,10-13,15-16H2,1H3,(H,22,25). The molecule has 0 radical (unpaired) electrons. The fourth-order valence-electron chi connectivity index (χ4n) is 3.13. The zero-order chi connectivity index (χ0) is 18.4. The third-order valence-electron chi connectivity index (χ3n) is 4.62. The van der Waals surface area contributed by atoms with Gasteiger partial charge in [-0.15, -0.1) is 0 Å². The van der Waals surface area contributed by atoms with Crippen molar-refractivity contribution < 1.29 is 9.59 Å². The third-order valence-corrected chi connectivity index (χ3v) is 4.62. The van der Waals surface area contributed by atoms with Crippen LogP contribution in [-0.4, -0.2) is 54.3 Å². The van der Waals surface area contributed by atoms with Gasteiger partial charge in [0, 0.05) is 38.3 Å². The molecule has 26 heavy (non-hydrogen) atoms. The van der Waals surface area contributed by atoms with Crippen molar-refractivity contribution in [2.75, 3.05) is 32.7 Å². The minimum Gasteiger partial charge on any atom is -0.351 e. The van der Waals surface area contributed by atoms with Gasteiger partial charge in [-0.2, -0.15) is 0 Å². The first-order valence-corrected chi connectivity index (χ1v) is 9.01. The number of carbonyl (C=O) groups is 2. The molecule has 136 valence electrons. The highest BCUT2D eigenvalue weighted by Gasteiger charge is 2.23. The number of rotatable bonds is 5. The van der Waals surface area contributed by atoms with Crippen molar-refractivity contribution in [2.24, 2.45) is 0 Å². The van der Waals surface area contributed by atoms with E-state index in [0.29, 0.717) is 26.2 Å². The zero-order valence-electron chi connectivity index (χ0n) is 15.1. The quantitative estimate of drug-likeness (QED) is 0.897. The van der Waals surface area contributed by atoms with Gasteiger partial charge in [-0.25, -0.2) is 0 Å². The van der Waals surface area contributed by atoms with E-state index in [4.69, 9.17) is 0 Å². The molecule has 2 aromatic carbocycles. The second kappa shape index (κ2) is 8.63. The number of hydrogen-bond donors (Lipinski definition) is 1. The Morgan fingerprint density at radius 1 is 0.962 bits per heavy atom. The zero-order valence-corrected chi connectivity index (χ0v) is 15.1. The summed E-state index contributed by atoms with van der Waals surface area (Å²) in [5.41, 5.74) is 2.91. The summed E-state index contributed by atoms with van der Waals surface area (Å²) in [6, 6.07) is 17.6. The van der Waals surface area contributed by atoms with Crippen LogP contribution in [0.4, 0.5) is 0 Å². The summed E-state index contributed by atoms with van der Waals surface area (Å²) in [7, 11) is 0. The van der Waals surface area contributed by atoms with Gasteiger partial charge in [-0.05, 0) is 24.6 Å². The molecule has 1 aliphatic heterocycles. The molecular formula is C21H25N3O2. The maximum absolute atomic E-state index is 12.6. The van der Waals surface area contributed by atoms with Crippen LogP contribution in [0.1, 0.15) is 21.5 Å². The molecule has 1 heterocycles. The number of benzene rings is 2. The molecule has 1 aliphatic rings. The molecule has 0 unspecified atom stereocenters. The molecule has 1 fully saturated rings. The number of nitrogens with one attached hydrogen (secondary N) is 1. The Kier molecular flexibility index (Phi) is 6.02. The van der Waals surface area contributed by atoms with E-state index in [1.165, 1.54) is 0 Å². The van der Waals surface area contributed by atoms with Crippen LogP contribution in [0.5, 0.6) is 0 Å². The molecule has 1 saturated heterocycles. The first kappa shape index (κ1) is 18.1. The molecule has 0 bridgehead atoms. The Bertz CT molecular complexity index is 753. The van der Waals surface area contributed by atoms with Crippen molar-refractivity contribution in [1.82, 2.24) is 15.1 Å². The van der Waals surface area contributed by atoms with Crippen LogP contribution in [0.15, 0.2) is 54.6 Å². The van der Waals surface area contributed by atoms with Crippen molar-refractivity contribution in [3.05, 3.63) is 71.3 Å². The molecule has 0 spiro atoms. The first-order chi connectivity index (χ1) is 12.6. The Morgan fingerprint density at radius 2 is 1.69 bits per heavy atom. The van der Waals surface area contributed by atoms with Crippen molar-refractivity contribution >= 4 is 11.8 Å². The van der Waals surface area contributed by atoms with Gasteiger partial charge in [0.15, 0.2) is 0 Å². The van der Waals surface area contributed by atoms with Gasteiger partial charge in [0.1, 0.15) is 0 Å². The van der Waals surface area contributed by atoms with Crippen LogP contribution >= 0.6 is 0 Å². The maximum Gasteiger partial charge on any atom is 0.253 e. The Morgan fingerprint density at radius 3 is 2.38 bits per heavy atom. The summed E-state index contributed by atoms with van der Waals surface area (Å²) >= 11 is 0. The summed E-state index contributed by atoms with van der Waals surface area (Å²) in [5, 5.41) is 2.95. The van der Waals surface area contributed by atoms with E-state index in [9.17, 15) is 9.59 Å². The normalized spacial score (nSPS) is 14.9. The molecule has 1 N–H and O–H groups in total. The molecule has 5 nitrogen and oxygen atoms in total. The lowest BCUT2D eigenvalue weighted by Crippen LogP contribution is -2.51. The summed E-state index contributed by atoms with van der Waals surface area (Å²) in [6.45, 7) is 5.65. The van der Waals surface area contributed by atoms with Crippen molar-refractivity contribution in [3.8, 4) is 0 Å². The molecule has 2 aromatic rings. The number of amides is 2. The Labute approximate surface area is 154 Å². The van der Waals surface area contributed by atoms with E-state index in [1.54, 1.807) is 0 Å². The predicted molar refractivity (Wildman–Crippen MR) is 102 cm³/mol. The van der Waals surface area contributed by atoms with Gasteiger partial charge in [0.2, 0.25) is 5.91 Å². The number of nitrogens with zero attached hydrogens (tertiary/aromatic N) is 2. The second-order valence-corrected chi connectivity index (χ2v) is 6.70. The monoisotopic (exact) mass is 351 g/mol. The third kappa shape index (κ3) is 4.92. The molecule has 5 heteroatoms. The minimum absolute atomic E-state index is 0.0207. The van der Waals surface area contributed by atoms with E-state index in [2.05, 4.69) is 10.2 Å². The Balaban J connectivity index is 1.43. The second-order valence-electron chi connectivity index (χ2n) is 6.70. The van der Waals surface area contributed by atoms with Crippen molar-refractivity contribution in [1.29, 1.82) is 0 Å². The molecule has 2 amide bonds. The molecular weight excluding hydrogens is 326 g/mol. The summed E-state index contributed by atoms with van der Waals surface area (Å²) in [6.07, 6.45) is 0. The SMILES string of the molecule is Cc1cccc(C(=O)N2CCN(CC(=O)NCc3ccccc3)CC2)c1. The molecule has 0 saturated carbocycles. The maximum atomic E-state index is 12.6. The van der Waals surface area contributed by atoms with Gasteiger partial charge in [-0.1, -0.05) is 48.0 Å². The van der Waals surface area contributed by atoms with Crippen molar-refractivity contribution in [3.63, 3.8) is 0 Å². The number of hydrogen-bond acceptors (Lipinski definition) is 3. The van der Waals surface area contributed by atoms with Crippen LogP contribution in [-0.2, 0) is 11.3 Å². The van der Waals surface area contributed by atoms with Gasteiger partial charge >= 0.3 is 0 Å². The predicted octanol–water partition coefficient (Wildman–Crippen LogP) is 2.07. The molecule has 0 atom stereocenters. The highest BCUT2D eigenvalue weighted by Crippen LogP contribution is 2.10. The molecule has 0 aromatic heterocycles. The number of carbonyl (C=O) groups excluding carboxylic acids is 2. The van der Waals surface area contributed by atoms with Gasteiger partial charge in [0.25, 0.3) is 5.91 Å². The molecule has 3 rings (SSSR count). The average molecular weight is 351 g/mol. The van der Waals surface area contributed by atoms with E-state index in [0.717, 1.165) is 29.8 Å². The van der Waals surface area contributed by atoms with Crippen molar-refractivity contribution in [2.45, 2.75) is 13.5 Å². The van der Waals surface area contributed by atoms with Gasteiger partial charge in [0.05, 0.1) is 6.54 Å². The van der Waals surface area contributed by atoms with Gasteiger partial charge < -0.3 is 10.2 Å². The van der Waals surface area contributed by atoms with Crippen LogP contribution in [0.25, 0.3) is 0 Å². The largest absolute Gasteiger partial charge is 0.351 e. The summed E-state index contributed by atoms with van der Waals surface area (Å²) in [5.74, 6) is 0.0918. The van der Waals surface area contributed by atoms with Crippen LogP contribution < -0.4 is 5.32 Å². The van der Waals surface area contributed by atoms with E-state index < -0.39 is 0 Å². The minimum atomic E-state index is 0.0207. The fourth-order valence-corrected chi connectivity index (χ4v) is 3.13. The first-order valence-electron chi connectivity index (χ1n) is 9.01. The van der Waals surface area contributed by atoms with E-state index >= 15 is 0 Å². The van der Waals surface area contributed by atoms with Crippen LogP contribution in [0.3, 0.4) is 0 Å². The lowest BCUT2D eigenvalue weighted by atomic mass is 10.1. The van der Waals surface area contributed by atoms with Gasteiger partial charge in [-0.3, -0.25) is 14.5 Å². The van der Waals surface area contributed by atoms with Crippen LogP contribution in [0.2, 0.25) is 0 Å². The molecule has 0 aliphatic carbocycles. The highest BCUT2D eigenvalue weighted by atomic mass is 16.2. The van der Waals surface area contributed by atoms with E-state index in [-0.39, 0.29) is 11.8 Å². The topological polar surface area (TPSA) is 52.7 Å². The lowest BCUT2D eigenvalue weighted by Gasteiger charge is -2.34. The fraction of sp³-hybridized carbons (Fsp3) is 0.333. The number of aryl methyl sites for hydroxylation is 1. The average Bonchev–Trinajstić information content (AvgIpc) is 2.67.